The second-order valence-electron chi connectivity index (χ2n) is 4.71. The number of aryl methyl sites for hydroxylation is 2. The van der Waals surface area contributed by atoms with Crippen molar-refractivity contribution >= 4 is 29.1 Å². The van der Waals surface area contributed by atoms with Crippen molar-refractivity contribution in [2.24, 2.45) is 0 Å². The van der Waals surface area contributed by atoms with Gasteiger partial charge in [0.1, 0.15) is 0 Å². The molecule has 3 aromatic rings. The topological polar surface area (TPSA) is 85.1 Å². The highest BCUT2D eigenvalue weighted by molar-refractivity contribution is 7.98. The van der Waals surface area contributed by atoms with E-state index in [-0.39, 0.29) is 11.6 Å². The third-order valence-corrected chi connectivity index (χ3v) is 3.80. The Bertz CT molecular complexity index is 860. The molecular weight excluding hydrogens is 300 g/mol. The fraction of sp³-hybridized carbons (Fsp3) is 0.214. The van der Waals surface area contributed by atoms with E-state index < -0.39 is 0 Å². The van der Waals surface area contributed by atoms with Crippen LogP contribution < -0.4 is 5.32 Å². The first-order chi connectivity index (χ1) is 10.6. The van der Waals surface area contributed by atoms with E-state index in [0.717, 1.165) is 11.3 Å². The largest absolute Gasteiger partial charge is 0.320 e. The number of carbonyl (C=O) groups excluding carboxylic acids is 1. The number of nitrogens with one attached hydrogen (secondary N) is 1. The molecule has 0 radical (unpaired) electrons. The minimum Gasteiger partial charge on any atom is -0.320 e. The van der Waals surface area contributed by atoms with Gasteiger partial charge in [-0.1, -0.05) is 30.0 Å². The first-order valence-electron chi connectivity index (χ1n) is 6.61. The molecule has 0 saturated heterocycles. The number of nitrogens with zero attached hydrogens (tertiary/aromatic N) is 5. The lowest BCUT2D eigenvalue weighted by molar-refractivity contribution is 0.102. The average molecular weight is 314 g/mol. The molecule has 8 heteroatoms. The fourth-order valence-corrected chi connectivity index (χ4v) is 2.37. The van der Waals surface area contributed by atoms with Crippen LogP contribution in [0.1, 0.15) is 21.7 Å². The monoisotopic (exact) mass is 314 g/mol. The Kier molecular flexibility index (Phi) is 3.76. The fourth-order valence-electron chi connectivity index (χ4n) is 2.03. The van der Waals surface area contributed by atoms with Crippen LogP contribution in [-0.4, -0.2) is 37.0 Å². The third-order valence-electron chi connectivity index (χ3n) is 3.26. The quantitative estimate of drug-likeness (QED) is 0.745. The first kappa shape index (κ1) is 14.5. The summed E-state index contributed by atoms with van der Waals surface area (Å²) in [5.41, 5.74) is 2.56. The maximum absolute atomic E-state index is 12.4. The number of aromatic nitrogens is 5. The van der Waals surface area contributed by atoms with Gasteiger partial charge in [0, 0.05) is 5.69 Å². The summed E-state index contributed by atoms with van der Waals surface area (Å²) in [6, 6.07) is 7.56. The van der Waals surface area contributed by atoms with Gasteiger partial charge in [-0.3, -0.25) is 4.79 Å². The molecule has 1 amide bonds. The van der Waals surface area contributed by atoms with Crippen molar-refractivity contribution in [1.82, 2.24) is 24.8 Å². The van der Waals surface area contributed by atoms with Crippen molar-refractivity contribution in [3.05, 3.63) is 41.2 Å². The molecular formula is C14H14N6OS. The number of thioether (sulfide) groups is 1. The van der Waals surface area contributed by atoms with Gasteiger partial charge < -0.3 is 5.32 Å². The third kappa shape index (κ3) is 2.52. The van der Waals surface area contributed by atoms with Crippen LogP contribution >= 0.6 is 11.8 Å². The van der Waals surface area contributed by atoms with Gasteiger partial charge in [-0.15, -0.1) is 15.3 Å². The lowest BCUT2D eigenvalue weighted by atomic mass is 10.2. The zero-order valence-electron chi connectivity index (χ0n) is 12.4. The summed E-state index contributed by atoms with van der Waals surface area (Å²) in [6.45, 7) is 3.70. The Morgan fingerprint density at radius 1 is 1.23 bits per heavy atom. The second-order valence-corrected chi connectivity index (χ2v) is 5.49. The van der Waals surface area contributed by atoms with Crippen LogP contribution in [-0.2, 0) is 0 Å². The van der Waals surface area contributed by atoms with Crippen LogP contribution in [0.4, 0.5) is 5.69 Å². The molecule has 0 fully saturated rings. The molecule has 1 aromatic carbocycles. The number of anilines is 1. The number of carbonyl (C=O) groups is 1. The second kappa shape index (κ2) is 5.72. The number of hydrogen-bond donors (Lipinski definition) is 1. The predicted octanol–water partition coefficient (Wildman–Crippen LogP) is 2.11. The lowest BCUT2D eigenvalue weighted by Gasteiger charge is -2.08. The van der Waals surface area contributed by atoms with Gasteiger partial charge in [0.15, 0.2) is 5.69 Å². The van der Waals surface area contributed by atoms with Gasteiger partial charge in [0.2, 0.25) is 5.16 Å². The molecule has 7 nitrogen and oxygen atoms in total. The molecule has 1 N–H and O–H groups in total. The average Bonchev–Trinajstić information content (AvgIpc) is 2.94. The Balaban J connectivity index is 1.97. The van der Waals surface area contributed by atoms with Gasteiger partial charge >= 0.3 is 0 Å². The smallest absolute Gasteiger partial charge is 0.278 e. The molecule has 2 heterocycles. The summed E-state index contributed by atoms with van der Waals surface area (Å²) < 4.78 is 1.53. The highest BCUT2D eigenvalue weighted by Gasteiger charge is 2.17. The zero-order valence-corrected chi connectivity index (χ0v) is 13.2. The summed E-state index contributed by atoms with van der Waals surface area (Å²) in [6.07, 6.45) is 1.88. The number of rotatable bonds is 3. The van der Waals surface area contributed by atoms with Crippen LogP contribution in [0.3, 0.4) is 0 Å². The Morgan fingerprint density at radius 3 is 2.73 bits per heavy atom. The molecule has 0 spiro atoms. The maximum atomic E-state index is 12.4. The number of amides is 1. The van der Waals surface area contributed by atoms with Gasteiger partial charge in [0.25, 0.3) is 11.7 Å². The summed E-state index contributed by atoms with van der Waals surface area (Å²) in [7, 11) is 0. The normalized spacial score (nSPS) is 10.9. The van der Waals surface area contributed by atoms with E-state index in [2.05, 4.69) is 25.6 Å². The van der Waals surface area contributed by atoms with E-state index in [1.54, 1.807) is 6.92 Å². The number of fused-ring (bicyclic) bond motifs is 1. The van der Waals surface area contributed by atoms with E-state index in [1.165, 1.54) is 16.3 Å². The van der Waals surface area contributed by atoms with Crippen molar-refractivity contribution in [2.45, 2.75) is 19.0 Å². The SMILES string of the molecule is CSc1nc2nnc(C(=O)Nc3ccccc3C)c(C)n2n1. The molecule has 0 atom stereocenters. The highest BCUT2D eigenvalue weighted by Crippen LogP contribution is 2.16. The van der Waals surface area contributed by atoms with E-state index in [4.69, 9.17) is 0 Å². The Hall–Kier alpha value is -2.48. The van der Waals surface area contributed by atoms with Crippen LogP contribution in [0.5, 0.6) is 0 Å². The van der Waals surface area contributed by atoms with Crippen molar-refractivity contribution in [3.8, 4) is 0 Å². The predicted molar refractivity (Wildman–Crippen MR) is 84.2 cm³/mol. The molecule has 112 valence electrons. The molecule has 0 saturated carbocycles. The number of para-hydroxylation sites is 1. The summed E-state index contributed by atoms with van der Waals surface area (Å²) in [4.78, 5) is 16.6. The molecule has 0 aliphatic heterocycles. The van der Waals surface area contributed by atoms with Gasteiger partial charge in [-0.05, 0) is 31.7 Å². The number of hydrogen-bond acceptors (Lipinski definition) is 6. The molecule has 0 unspecified atom stereocenters. The van der Waals surface area contributed by atoms with Crippen molar-refractivity contribution in [2.75, 3.05) is 11.6 Å². The molecule has 3 rings (SSSR count). The van der Waals surface area contributed by atoms with Crippen LogP contribution in [0.15, 0.2) is 29.4 Å². The highest BCUT2D eigenvalue weighted by atomic mass is 32.2. The molecule has 22 heavy (non-hydrogen) atoms. The van der Waals surface area contributed by atoms with E-state index in [0.29, 0.717) is 16.6 Å². The van der Waals surface area contributed by atoms with E-state index >= 15 is 0 Å². The minimum absolute atomic E-state index is 0.230. The molecule has 0 aliphatic rings. The van der Waals surface area contributed by atoms with E-state index in [9.17, 15) is 4.79 Å². The van der Waals surface area contributed by atoms with Crippen molar-refractivity contribution < 1.29 is 4.79 Å². The first-order valence-corrected chi connectivity index (χ1v) is 7.83. The van der Waals surface area contributed by atoms with Crippen molar-refractivity contribution in [1.29, 1.82) is 0 Å². The van der Waals surface area contributed by atoms with E-state index in [1.807, 2.05) is 37.4 Å². The Labute approximate surface area is 131 Å². The molecule has 2 aromatic heterocycles. The summed E-state index contributed by atoms with van der Waals surface area (Å²) >= 11 is 1.41. The van der Waals surface area contributed by atoms with Gasteiger partial charge in [-0.25, -0.2) is 0 Å². The minimum atomic E-state index is -0.317. The molecule has 0 bridgehead atoms. The maximum Gasteiger partial charge on any atom is 0.278 e. The standard InChI is InChI=1S/C14H14N6OS/c1-8-6-4-5-7-10(8)15-12(21)11-9(2)20-13(18-17-11)16-14(19-20)22-3/h4-7H,1-3H3,(H,15,21). The summed E-state index contributed by atoms with van der Waals surface area (Å²) in [5.74, 6) is 0.0664. The van der Waals surface area contributed by atoms with Crippen LogP contribution in [0.25, 0.3) is 5.78 Å². The molecule has 0 aliphatic carbocycles. The van der Waals surface area contributed by atoms with Crippen LogP contribution in [0.2, 0.25) is 0 Å². The van der Waals surface area contributed by atoms with Crippen molar-refractivity contribution in [3.63, 3.8) is 0 Å². The number of benzene rings is 1. The zero-order chi connectivity index (χ0) is 15.7. The van der Waals surface area contributed by atoms with Gasteiger partial charge in [0.05, 0.1) is 5.69 Å². The van der Waals surface area contributed by atoms with Gasteiger partial charge in [-0.2, -0.15) is 9.50 Å². The summed E-state index contributed by atoms with van der Waals surface area (Å²) in [5, 5.41) is 15.7. The lowest BCUT2D eigenvalue weighted by Crippen LogP contribution is -2.19. The van der Waals surface area contributed by atoms with Crippen LogP contribution in [0, 0.1) is 13.8 Å². The Morgan fingerprint density at radius 2 is 2.00 bits per heavy atom.